The molecule has 21 heavy (non-hydrogen) atoms. The molecular weight excluding hydrogens is 286 g/mol. The molecule has 110 valence electrons. The molecular formula is C16H18ClN3O. The van der Waals surface area contributed by atoms with Crippen LogP contribution in [0, 0.1) is 5.92 Å². The largest absolute Gasteiger partial charge is 0.309 e. The third-order valence-corrected chi connectivity index (χ3v) is 3.72. The van der Waals surface area contributed by atoms with Gasteiger partial charge in [-0.15, -0.1) is 0 Å². The molecule has 0 bridgehead atoms. The molecule has 1 aromatic heterocycles. The number of carbonyl (C=O) groups excluding carboxylic acids is 1. The average molecular weight is 304 g/mol. The van der Waals surface area contributed by atoms with Gasteiger partial charge in [0.25, 0.3) is 0 Å². The molecule has 0 aliphatic heterocycles. The van der Waals surface area contributed by atoms with Crippen molar-refractivity contribution in [1.82, 2.24) is 9.97 Å². The second-order valence-corrected chi connectivity index (χ2v) is 5.37. The molecule has 0 fully saturated rings. The standard InChI is InChI=1S/C16H18ClN3O/c1-3-11(2)15(12-7-5-4-6-8-12)16(21)20-14-10-18-13(17)9-19-14/h4-11,15H,3H2,1-2H3,(H,19,20,21). The van der Waals surface area contributed by atoms with Crippen molar-refractivity contribution in [2.24, 2.45) is 5.92 Å². The molecule has 1 aromatic carbocycles. The zero-order valence-corrected chi connectivity index (χ0v) is 12.8. The predicted molar refractivity (Wildman–Crippen MR) is 84.3 cm³/mol. The van der Waals surface area contributed by atoms with Crippen LogP contribution in [0.4, 0.5) is 5.82 Å². The van der Waals surface area contributed by atoms with Gasteiger partial charge in [-0.1, -0.05) is 62.2 Å². The van der Waals surface area contributed by atoms with E-state index in [-0.39, 0.29) is 17.7 Å². The van der Waals surface area contributed by atoms with E-state index in [1.807, 2.05) is 30.3 Å². The number of amides is 1. The predicted octanol–water partition coefficient (Wildman–Crippen LogP) is 3.90. The first kappa shape index (κ1) is 15.4. The number of nitrogens with one attached hydrogen (secondary N) is 1. The van der Waals surface area contributed by atoms with Crippen molar-refractivity contribution >= 4 is 23.3 Å². The van der Waals surface area contributed by atoms with Crippen molar-refractivity contribution in [2.75, 3.05) is 5.32 Å². The molecule has 1 heterocycles. The second kappa shape index (κ2) is 7.18. The van der Waals surface area contributed by atoms with E-state index >= 15 is 0 Å². The van der Waals surface area contributed by atoms with E-state index in [4.69, 9.17) is 11.6 Å². The summed E-state index contributed by atoms with van der Waals surface area (Å²) in [6.45, 7) is 4.15. The first-order chi connectivity index (χ1) is 10.1. The molecule has 1 N–H and O–H groups in total. The molecule has 4 nitrogen and oxygen atoms in total. The van der Waals surface area contributed by atoms with Crippen LogP contribution in [0.1, 0.15) is 31.7 Å². The van der Waals surface area contributed by atoms with Crippen LogP contribution in [-0.2, 0) is 4.79 Å². The monoisotopic (exact) mass is 303 g/mol. The number of hydrogen-bond donors (Lipinski definition) is 1. The number of halogens is 1. The number of nitrogens with zero attached hydrogens (tertiary/aromatic N) is 2. The van der Waals surface area contributed by atoms with E-state index in [0.29, 0.717) is 11.0 Å². The van der Waals surface area contributed by atoms with Crippen LogP contribution in [0.15, 0.2) is 42.7 Å². The highest BCUT2D eigenvalue weighted by atomic mass is 35.5. The minimum absolute atomic E-state index is 0.0767. The van der Waals surface area contributed by atoms with Crippen LogP contribution in [0.2, 0.25) is 5.15 Å². The van der Waals surface area contributed by atoms with Crippen molar-refractivity contribution in [1.29, 1.82) is 0 Å². The van der Waals surface area contributed by atoms with E-state index in [9.17, 15) is 4.79 Å². The van der Waals surface area contributed by atoms with Crippen molar-refractivity contribution in [3.63, 3.8) is 0 Å². The minimum Gasteiger partial charge on any atom is -0.309 e. The van der Waals surface area contributed by atoms with E-state index in [1.165, 1.54) is 12.4 Å². The van der Waals surface area contributed by atoms with Gasteiger partial charge >= 0.3 is 0 Å². The summed E-state index contributed by atoms with van der Waals surface area (Å²) >= 11 is 5.69. The summed E-state index contributed by atoms with van der Waals surface area (Å²) in [5.74, 6) is 0.349. The van der Waals surface area contributed by atoms with Crippen molar-refractivity contribution in [3.8, 4) is 0 Å². The maximum Gasteiger partial charge on any atom is 0.233 e. The molecule has 2 rings (SSSR count). The second-order valence-electron chi connectivity index (χ2n) is 4.99. The van der Waals surface area contributed by atoms with Crippen molar-refractivity contribution in [3.05, 3.63) is 53.4 Å². The van der Waals surface area contributed by atoms with Gasteiger partial charge in [-0.2, -0.15) is 0 Å². The van der Waals surface area contributed by atoms with E-state index in [1.54, 1.807) is 0 Å². The van der Waals surface area contributed by atoms with Gasteiger partial charge in [-0.25, -0.2) is 9.97 Å². The minimum atomic E-state index is -0.214. The lowest BCUT2D eigenvalue weighted by Crippen LogP contribution is -2.26. The van der Waals surface area contributed by atoms with Crippen LogP contribution in [0.3, 0.4) is 0 Å². The number of anilines is 1. The molecule has 0 radical (unpaired) electrons. The Hall–Kier alpha value is -1.94. The topological polar surface area (TPSA) is 54.9 Å². The maximum atomic E-state index is 12.6. The Labute approximate surface area is 129 Å². The van der Waals surface area contributed by atoms with Gasteiger partial charge < -0.3 is 5.32 Å². The maximum absolute atomic E-state index is 12.6. The van der Waals surface area contributed by atoms with E-state index < -0.39 is 0 Å². The summed E-state index contributed by atoms with van der Waals surface area (Å²) in [6.07, 6.45) is 3.79. The Balaban J connectivity index is 2.20. The smallest absolute Gasteiger partial charge is 0.233 e. The summed E-state index contributed by atoms with van der Waals surface area (Å²) in [5.41, 5.74) is 1.01. The molecule has 0 aliphatic rings. The van der Waals surface area contributed by atoms with Gasteiger partial charge in [0, 0.05) is 0 Å². The van der Waals surface area contributed by atoms with Crippen LogP contribution in [-0.4, -0.2) is 15.9 Å². The van der Waals surface area contributed by atoms with Crippen LogP contribution < -0.4 is 5.32 Å². The van der Waals surface area contributed by atoms with E-state index in [0.717, 1.165) is 12.0 Å². The van der Waals surface area contributed by atoms with Gasteiger partial charge in [-0.3, -0.25) is 4.79 Å². The quantitative estimate of drug-likeness (QED) is 0.911. The van der Waals surface area contributed by atoms with Crippen LogP contribution >= 0.6 is 11.6 Å². The summed E-state index contributed by atoms with van der Waals surface area (Å²) in [5, 5.41) is 3.11. The summed E-state index contributed by atoms with van der Waals surface area (Å²) in [7, 11) is 0. The number of rotatable bonds is 5. The normalized spacial score (nSPS) is 13.5. The lowest BCUT2D eigenvalue weighted by atomic mass is 9.85. The van der Waals surface area contributed by atoms with Gasteiger partial charge in [0.1, 0.15) is 5.15 Å². The van der Waals surface area contributed by atoms with Crippen LogP contribution in [0.25, 0.3) is 0 Å². The molecule has 0 aliphatic carbocycles. The summed E-state index contributed by atoms with van der Waals surface area (Å²) < 4.78 is 0. The van der Waals surface area contributed by atoms with Gasteiger partial charge in [0.05, 0.1) is 18.3 Å². The van der Waals surface area contributed by atoms with Crippen molar-refractivity contribution in [2.45, 2.75) is 26.2 Å². The third kappa shape index (κ3) is 4.02. The molecule has 2 unspecified atom stereocenters. The Bertz CT molecular complexity index is 586. The molecule has 2 aromatic rings. The van der Waals surface area contributed by atoms with Crippen LogP contribution in [0.5, 0.6) is 0 Å². The average Bonchev–Trinajstić information content (AvgIpc) is 2.50. The lowest BCUT2D eigenvalue weighted by molar-refractivity contribution is -0.118. The highest BCUT2D eigenvalue weighted by Crippen LogP contribution is 2.28. The van der Waals surface area contributed by atoms with Gasteiger partial charge in [0.15, 0.2) is 5.82 Å². The SMILES string of the molecule is CCC(C)C(C(=O)Nc1cnc(Cl)cn1)c1ccccc1. The summed E-state index contributed by atoms with van der Waals surface area (Å²) in [4.78, 5) is 20.6. The fraction of sp³-hybridized carbons (Fsp3) is 0.312. The van der Waals surface area contributed by atoms with E-state index in [2.05, 4.69) is 29.1 Å². The Morgan fingerprint density at radius 2 is 1.95 bits per heavy atom. The zero-order valence-electron chi connectivity index (χ0n) is 12.1. The fourth-order valence-electron chi connectivity index (χ4n) is 2.22. The molecule has 5 heteroatoms. The lowest BCUT2D eigenvalue weighted by Gasteiger charge is -2.22. The van der Waals surface area contributed by atoms with Gasteiger partial charge in [-0.05, 0) is 11.5 Å². The number of carbonyl (C=O) groups is 1. The fourth-order valence-corrected chi connectivity index (χ4v) is 2.31. The molecule has 0 spiro atoms. The first-order valence-electron chi connectivity index (χ1n) is 6.95. The van der Waals surface area contributed by atoms with Gasteiger partial charge in [0.2, 0.25) is 5.91 Å². The Kier molecular flexibility index (Phi) is 5.28. The highest BCUT2D eigenvalue weighted by Gasteiger charge is 2.26. The Morgan fingerprint density at radius 1 is 1.24 bits per heavy atom. The number of aromatic nitrogens is 2. The molecule has 1 amide bonds. The highest BCUT2D eigenvalue weighted by molar-refractivity contribution is 6.29. The zero-order chi connectivity index (χ0) is 15.2. The number of benzene rings is 1. The third-order valence-electron chi connectivity index (χ3n) is 3.53. The molecule has 2 atom stereocenters. The molecule has 0 saturated carbocycles. The molecule has 0 saturated heterocycles. The summed E-state index contributed by atoms with van der Waals surface area (Å²) in [6, 6.07) is 9.79. The first-order valence-corrected chi connectivity index (χ1v) is 7.33. The van der Waals surface area contributed by atoms with Crippen molar-refractivity contribution < 1.29 is 4.79 Å². The Morgan fingerprint density at radius 3 is 2.52 bits per heavy atom. The number of hydrogen-bond acceptors (Lipinski definition) is 3.